The van der Waals surface area contributed by atoms with Crippen LogP contribution in [-0.4, -0.2) is 61.6 Å². The van der Waals surface area contributed by atoms with Gasteiger partial charge in [-0.15, -0.1) is 0 Å². The van der Waals surface area contributed by atoms with E-state index < -0.39 is 22.0 Å². The molecule has 0 radical (unpaired) electrons. The SMILES string of the molecule is Cc1cc(NC(=O)CN(C)[C@@H]2CS(=O)(=O)C[C@H]2O)ccc1Cl. The van der Waals surface area contributed by atoms with E-state index in [-0.39, 0.29) is 24.0 Å². The Bertz CT molecular complexity index is 677. The van der Waals surface area contributed by atoms with Gasteiger partial charge in [-0.1, -0.05) is 11.6 Å². The zero-order valence-electron chi connectivity index (χ0n) is 12.4. The molecule has 122 valence electrons. The predicted molar refractivity (Wildman–Crippen MR) is 85.9 cm³/mol. The second-order valence-electron chi connectivity index (χ2n) is 5.64. The summed E-state index contributed by atoms with van der Waals surface area (Å²) in [7, 11) is -1.61. The van der Waals surface area contributed by atoms with Crippen LogP contribution >= 0.6 is 11.6 Å². The molecule has 1 heterocycles. The van der Waals surface area contributed by atoms with E-state index in [0.717, 1.165) is 5.56 Å². The van der Waals surface area contributed by atoms with Crippen molar-refractivity contribution in [2.75, 3.05) is 30.4 Å². The fraction of sp³-hybridized carbons (Fsp3) is 0.500. The van der Waals surface area contributed by atoms with Crippen LogP contribution in [0.1, 0.15) is 5.56 Å². The van der Waals surface area contributed by atoms with Crippen molar-refractivity contribution in [2.24, 2.45) is 0 Å². The summed E-state index contributed by atoms with van der Waals surface area (Å²) >= 11 is 5.92. The van der Waals surface area contributed by atoms with Crippen LogP contribution in [0.4, 0.5) is 5.69 Å². The van der Waals surface area contributed by atoms with Crippen LogP contribution in [0, 0.1) is 6.92 Å². The number of carbonyl (C=O) groups is 1. The number of carbonyl (C=O) groups excluding carboxylic acids is 1. The van der Waals surface area contributed by atoms with E-state index in [1.807, 2.05) is 6.92 Å². The van der Waals surface area contributed by atoms with Crippen LogP contribution in [0.25, 0.3) is 0 Å². The van der Waals surface area contributed by atoms with Crippen LogP contribution < -0.4 is 5.32 Å². The van der Waals surface area contributed by atoms with Gasteiger partial charge in [0.2, 0.25) is 5.91 Å². The van der Waals surface area contributed by atoms with Gasteiger partial charge in [0.25, 0.3) is 0 Å². The number of hydrogen-bond acceptors (Lipinski definition) is 5. The molecule has 2 atom stereocenters. The summed E-state index contributed by atoms with van der Waals surface area (Å²) in [5.74, 6) is -0.654. The highest BCUT2D eigenvalue weighted by atomic mass is 35.5. The molecule has 6 nitrogen and oxygen atoms in total. The third-order valence-electron chi connectivity index (χ3n) is 3.69. The first kappa shape index (κ1) is 17.2. The number of halogens is 1. The number of aryl methyl sites for hydroxylation is 1. The minimum Gasteiger partial charge on any atom is -0.390 e. The van der Waals surface area contributed by atoms with Crippen molar-refractivity contribution in [1.82, 2.24) is 4.90 Å². The summed E-state index contributed by atoms with van der Waals surface area (Å²) in [5, 5.41) is 13.1. The standard InChI is InChI=1S/C14H19ClN2O4S/c1-9-5-10(3-4-11(9)15)16-14(19)6-17(2)12-7-22(20,21)8-13(12)18/h3-5,12-13,18H,6-8H2,1-2H3,(H,16,19)/t12-,13-/m1/s1. The van der Waals surface area contributed by atoms with Crippen molar-refractivity contribution < 1.29 is 18.3 Å². The van der Waals surface area contributed by atoms with Gasteiger partial charge in [-0.2, -0.15) is 0 Å². The zero-order chi connectivity index (χ0) is 16.5. The zero-order valence-corrected chi connectivity index (χ0v) is 14.0. The van der Waals surface area contributed by atoms with Crippen molar-refractivity contribution >= 4 is 33.0 Å². The molecular formula is C14H19ClN2O4S. The maximum absolute atomic E-state index is 12.0. The number of anilines is 1. The molecule has 1 aromatic rings. The molecule has 1 aromatic carbocycles. The summed E-state index contributed by atoms with van der Waals surface area (Å²) in [6.07, 6.45) is -0.958. The van der Waals surface area contributed by atoms with Crippen molar-refractivity contribution in [3.8, 4) is 0 Å². The average molecular weight is 347 g/mol. The van der Waals surface area contributed by atoms with Gasteiger partial charge in [-0.3, -0.25) is 9.69 Å². The van der Waals surface area contributed by atoms with E-state index in [4.69, 9.17) is 11.6 Å². The number of likely N-dealkylation sites (N-methyl/N-ethyl adjacent to an activating group) is 1. The van der Waals surface area contributed by atoms with Gasteiger partial charge in [0.15, 0.2) is 9.84 Å². The lowest BCUT2D eigenvalue weighted by atomic mass is 10.2. The van der Waals surface area contributed by atoms with Gasteiger partial charge in [0.05, 0.1) is 30.2 Å². The maximum Gasteiger partial charge on any atom is 0.238 e. The lowest BCUT2D eigenvalue weighted by Gasteiger charge is -2.25. The molecule has 0 unspecified atom stereocenters. The van der Waals surface area contributed by atoms with Crippen LogP contribution in [-0.2, 0) is 14.6 Å². The molecule has 1 aliphatic heterocycles. The van der Waals surface area contributed by atoms with Gasteiger partial charge >= 0.3 is 0 Å². The molecule has 0 saturated carbocycles. The van der Waals surface area contributed by atoms with Gasteiger partial charge in [-0.05, 0) is 37.7 Å². The highest BCUT2D eigenvalue weighted by molar-refractivity contribution is 7.91. The Morgan fingerprint density at radius 3 is 2.68 bits per heavy atom. The fourth-order valence-electron chi connectivity index (χ4n) is 2.50. The molecular weight excluding hydrogens is 328 g/mol. The number of rotatable bonds is 4. The van der Waals surface area contributed by atoms with Crippen molar-refractivity contribution in [2.45, 2.75) is 19.1 Å². The first-order chi connectivity index (χ1) is 10.2. The molecule has 2 N–H and O–H groups in total. The highest BCUT2D eigenvalue weighted by Gasteiger charge is 2.39. The van der Waals surface area contributed by atoms with Gasteiger partial charge in [-0.25, -0.2) is 8.42 Å². The molecule has 0 aliphatic carbocycles. The summed E-state index contributed by atoms with van der Waals surface area (Å²) in [6, 6.07) is 4.60. The third-order valence-corrected chi connectivity index (χ3v) is 5.82. The maximum atomic E-state index is 12.0. The monoisotopic (exact) mass is 346 g/mol. The molecule has 1 fully saturated rings. The van der Waals surface area contributed by atoms with Crippen LogP contribution in [0.2, 0.25) is 5.02 Å². The number of amides is 1. The van der Waals surface area contributed by atoms with Crippen LogP contribution in [0.15, 0.2) is 18.2 Å². The smallest absolute Gasteiger partial charge is 0.238 e. The van der Waals surface area contributed by atoms with E-state index in [1.165, 1.54) is 0 Å². The summed E-state index contributed by atoms with van der Waals surface area (Å²) in [4.78, 5) is 13.6. The number of hydrogen-bond donors (Lipinski definition) is 2. The largest absolute Gasteiger partial charge is 0.390 e. The Kier molecular flexibility index (Phi) is 5.11. The van der Waals surface area contributed by atoms with Crippen molar-refractivity contribution in [3.05, 3.63) is 28.8 Å². The first-order valence-electron chi connectivity index (χ1n) is 6.83. The second kappa shape index (κ2) is 6.54. The third kappa shape index (κ3) is 4.19. The predicted octanol–water partition coefficient (Wildman–Crippen LogP) is 0.677. The lowest BCUT2D eigenvalue weighted by molar-refractivity contribution is -0.117. The normalized spacial score (nSPS) is 23.7. The Hall–Kier alpha value is -1.15. The molecule has 0 aromatic heterocycles. The number of aliphatic hydroxyl groups is 1. The molecule has 1 saturated heterocycles. The first-order valence-corrected chi connectivity index (χ1v) is 9.02. The molecule has 2 rings (SSSR count). The number of benzene rings is 1. The fourth-order valence-corrected chi connectivity index (χ4v) is 4.49. The Balaban J connectivity index is 1.95. The van der Waals surface area contributed by atoms with E-state index in [1.54, 1.807) is 30.1 Å². The minimum absolute atomic E-state index is 0.00107. The molecule has 1 amide bonds. The Morgan fingerprint density at radius 1 is 1.45 bits per heavy atom. The van der Waals surface area contributed by atoms with Crippen molar-refractivity contribution in [3.63, 3.8) is 0 Å². The molecule has 8 heteroatoms. The number of aliphatic hydroxyl groups excluding tert-OH is 1. The molecule has 22 heavy (non-hydrogen) atoms. The molecule has 0 spiro atoms. The van der Waals surface area contributed by atoms with Crippen molar-refractivity contribution in [1.29, 1.82) is 0 Å². The van der Waals surface area contributed by atoms with Gasteiger partial charge in [0.1, 0.15) is 0 Å². The quantitative estimate of drug-likeness (QED) is 0.837. The lowest BCUT2D eigenvalue weighted by Crippen LogP contribution is -2.44. The number of nitrogens with zero attached hydrogens (tertiary/aromatic N) is 1. The topological polar surface area (TPSA) is 86.7 Å². The van der Waals surface area contributed by atoms with Gasteiger partial charge in [0, 0.05) is 10.7 Å². The van der Waals surface area contributed by atoms with E-state index in [9.17, 15) is 18.3 Å². The molecule has 0 bridgehead atoms. The number of sulfone groups is 1. The summed E-state index contributed by atoms with van der Waals surface area (Å²) in [5.41, 5.74) is 1.48. The minimum atomic E-state index is -3.23. The Labute approximate surface area is 135 Å². The van der Waals surface area contributed by atoms with Crippen LogP contribution in [0.3, 0.4) is 0 Å². The van der Waals surface area contributed by atoms with Gasteiger partial charge < -0.3 is 10.4 Å². The summed E-state index contributed by atoms with van der Waals surface area (Å²) < 4.78 is 23.0. The second-order valence-corrected chi connectivity index (χ2v) is 8.20. The summed E-state index contributed by atoms with van der Waals surface area (Å²) in [6.45, 7) is 1.84. The van der Waals surface area contributed by atoms with E-state index in [0.29, 0.717) is 10.7 Å². The number of nitrogens with one attached hydrogen (secondary N) is 1. The van der Waals surface area contributed by atoms with Crippen LogP contribution in [0.5, 0.6) is 0 Å². The average Bonchev–Trinajstić information content (AvgIpc) is 2.67. The molecule has 1 aliphatic rings. The van der Waals surface area contributed by atoms with E-state index in [2.05, 4.69) is 5.32 Å². The van der Waals surface area contributed by atoms with E-state index >= 15 is 0 Å². The Morgan fingerprint density at radius 2 is 2.14 bits per heavy atom. The highest BCUT2D eigenvalue weighted by Crippen LogP contribution is 2.20.